The SMILES string of the molecule is c1ccc(-c2cccc(-c3cc(-c4cccc(-c5ccccc5)c4)c4cc(-c5c6ccccc6c(-c6ccccc6)c6ccccc56)ccc4c3)c2)cc1. The Kier molecular flexibility index (Phi) is 7.93. The summed E-state index contributed by atoms with van der Waals surface area (Å²) >= 11 is 0. The van der Waals surface area contributed by atoms with Crippen LogP contribution in [0.4, 0.5) is 0 Å². The molecule has 0 N–H and O–H groups in total. The van der Waals surface area contributed by atoms with Crippen LogP contribution in [0, 0.1) is 0 Å². The maximum atomic E-state index is 2.43. The van der Waals surface area contributed by atoms with Crippen molar-refractivity contribution in [1.29, 1.82) is 0 Å². The highest BCUT2D eigenvalue weighted by atomic mass is 14.2. The minimum Gasteiger partial charge on any atom is -0.0622 e. The largest absolute Gasteiger partial charge is 0.0622 e. The smallest absolute Gasteiger partial charge is 0.00261 e. The summed E-state index contributed by atoms with van der Waals surface area (Å²) < 4.78 is 0. The second-order valence-electron chi connectivity index (χ2n) is 14.1. The first-order valence-electron chi connectivity index (χ1n) is 18.7. The fraction of sp³-hybridized carbons (Fsp3) is 0. The van der Waals surface area contributed by atoms with Crippen LogP contribution in [-0.2, 0) is 0 Å². The predicted octanol–water partition coefficient (Wildman–Crippen LogP) is 15.1. The molecule has 0 nitrogen and oxygen atoms in total. The fourth-order valence-corrected chi connectivity index (χ4v) is 8.28. The Morgan fingerprint density at radius 3 is 1.13 bits per heavy atom. The molecule has 10 aromatic rings. The zero-order valence-corrected chi connectivity index (χ0v) is 29.8. The standard InChI is InChI=1S/C54H36/c1-4-16-37(17-5-1)40-22-14-24-42(32-40)46-34-44-30-31-45(35-51(44)52(36-46)43-25-15-23-41(33-43)38-18-6-2-7-19-38)54-49-28-12-10-26-47(49)53(39-20-8-3-9-21-39)48-27-11-13-29-50(48)54/h1-36H. The third-order valence-electron chi connectivity index (χ3n) is 10.8. The lowest BCUT2D eigenvalue weighted by Gasteiger charge is -2.19. The van der Waals surface area contributed by atoms with Crippen molar-refractivity contribution in [1.82, 2.24) is 0 Å². The van der Waals surface area contributed by atoms with Gasteiger partial charge in [0.1, 0.15) is 0 Å². The van der Waals surface area contributed by atoms with Gasteiger partial charge in [0.2, 0.25) is 0 Å². The average molecular weight is 685 g/mol. The monoisotopic (exact) mass is 684 g/mol. The van der Waals surface area contributed by atoms with Gasteiger partial charge < -0.3 is 0 Å². The van der Waals surface area contributed by atoms with Gasteiger partial charge in [-0.15, -0.1) is 0 Å². The molecule has 0 heterocycles. The van der Waals surface area contributed by atoms with Crippen molar-refractivity contribution in [3.8, 4) is 66.8 Å². The van der Waals surface area contributed by atoms with Gasteiger partial charge in [-0.3, -0.25) is 0 Å². The molecular formula is C54H36. The van der Waals surface area contributed by atoms with Crippen molar-refractivity contribution in [2.45, 2.75) is 0 Å². The van der Waals surface area contributed by atoms with Crippen LogP contribution in [0.1, 0.15) is 0 Å². The van der Waals surface area contributed by atoms with Crippen LogP contribution in [0.2, 0.25) is 0 Å². The molecule has 0 spiro atoms. The molecule has 10 rings (SSSR count). The molecule has 0 aliphatic rings. The molecule has 0 atom stereocenters. The molecule has 0 unspecified atom stereocenters. The maximum Gasteiger partial charge on any atom is -0.00261 e. The van der Waals surface area contributed by atoms with Crippen molar-refractivity contribution in [3.63, 3.8) is 0 Å². The number of hydrogen-bond donors (Lipinski definition) is 0. The van der Waals surface area contributed by atoms with E-state index in [4.69, 9.17) is 0 Å². The Hall–Kier alpha value is -7.02. The van der Waals surface area contributed by atoms with Crippen molar-refractivity contribution >= 4 is 32.3 Å². The number of hydrogen-bond acceptors (Lipinski definition) is 0. The molecule has 0 bridgehead atoms. The van der Waals surface area contributed by atoms with Crippen molar-refractivity contribution < 1.29 is 0 Å². The van der Waals surface area contributed by atoms with E-state index in [1.54, 1.807) is 0 Å². The fourth-order valence-electron chi connectivity index (χ4n) is 8.28. The molecular weight excluding hydrogens is 649 g/mol. The summed E-state index contributed by atoms with van der Waals surface area (Å²) in [7, 11) is 0. The Bertz CT molecular complexity index is 2900. The van der Waals surface area contributed by atoms with Gasteiger partial charge in [0, 0.05) is 0 Å². The van der Waals surface area contributed by atoms with Crippen molar-refractivity contribution in [3.05, 3.63) is 218 Å². The zero-order valence-electron chi connectivity index (χ0n) is 29.8. The van der Waals surface area contributed by atoms with Crippen molar-refractivity contribution in [2.24, 2.45) is 0 Å². The van der Waals surface area contributed by atoms with E-state index in [0.717, 1.165) is 0 Å². The second-order valence-corrected chi connectivity index (χ2v) is 14.1. The molecule has 0 aliphatic heterocycles. The maximum absolute atomic E-state index is 2.43. The van der Waals surface area contributed by atoms with E-state index in [9.17, 15) is 0 Å². The lowest BCUT2D eigenvalue weighted by Crippen LogP contribution is -1.92. The van der Waals surface area contributed by atoms with Crippen LogP contribution in [0.25, 0.3) is 99.1 Å². The average Bonchev–Trinajstić information content (AvgIpc) is 3.26. The Labute approximate surface area is 316 Å². The number of benzene rings is 10. The van der Waals surface area contributed by atoms with E-state index < -0.39 is 0 Å². The summed E-state index contributed by atoms with van der Waals surface area (Å²) in [5.41, 5.74) is 14.7. The van der Waals surface area contributed by atoms with Gasteiger partial charge in [-0.25, -0.2) is 0 Å². The summed E-state index contributed by atoms with van der Waals surface area (Å²) in [5.74, 6) is 0. The van der Waals surface area contributed by atoms with Crippen LogP contribution in [-0.4, -0.2) is 0 Å². The van der Waals surface area contributed by atoms with Crippen LogP contribution in [0.5, 0.6) is 0 Å². The minimum absolute atomic E-state index is 1.20. The van der Waals surface area contributed by atoms with Gasteiger partial charge in [-0.05, 0) is 129 Å². The van der Waals surface area contributed by atoms with E-state index in [1.807, 2.05) is 0 Å². The molecule has 0 fully saturated rings. The lowest BCUT2D eigenvalue weighted by atomic mass is 9.84. The van der Waals surface area contributed by atoms with Gasteiger partial charge in [0.25, 0.3) is 0 Å². The summed E-state index contributed by atoms with van der Waals surface area (Å²) in [6, 6.07) is 79.8. The normalized spacial score (nSPS) is 11.3. The highest BCUT2D eigenvalue weighted by molar-refractivity contribution is 6.22. The summed E-state index contributed by atoms with van der Waals surface area (Å²) in [4.78, 5) is 0. The van der Waals surface area contributed by atoms with Crippen LogP contribution >= 0.6 is 0 Å². The van der Waals surface area contributed by atoms with E-state index in [1.165, 1.54) is 99.1 Å². The van der Waals surface area contributed by atoms with Crippen LogP contribution < -0.4 is 0 Å². The Morgan fingerprint density at radius 1 is 0.185 bits per heavy atom. The third kappa shape index (κ3) is 5.66. The molecule has 0 aliphatic carbocycles. The highest BCUT2D eigenvalue weighted by Gasteiger charge is 2.18. The van der Waals surface area contributed by atoms with Gasteiger partial charge in [0.05, 0.1) is 0 Å². The number of fused-ring (bicyclic) bond motifs is 3. The van der Waals surface area contributed by atoms with Gasteiger partial charge >= 0.3 is 0 Å². The first-order chi connectivity index (χ1) is 26.8. The summed E-state index contributed by atoms with van der Waals surface area (Å²) in [6.45, 7) is 0. The molecule has 54 heavy (non-hydrogen) atoms. The summed E-state index contributed by atoms with van der Waals surface area (Å²) in [6.07, 6.45) is 0. The van der Waals surface area contributed by atoms with Gasteiger partial charge in [-0.2, -0.15) is 0 Å². The van der Waals surface area contributed by atoms with Crippen LogP contribution in [0.3, 0.4) is 0 Å². The molecule has 0 saturated heterocycles. The molecule has 0 amide bonds. The first-order valence-corrected chi connectivity index (χ1v) is 18.7. The van der Waals surface area contributed by atoms with E-state index in [-0.39, 0.29) is 0 Å². The second kappa shape index (κ2) is 13.5. The highest BCUT2D eigenvalue weighted by Crippen LogP contribution is 2.45. The lowest BCUT2D eigenvalue weighted by molar-refractivity contribution is 1.58. The molecule has 0 saturated carbocycles. The van der Waals surface area contributed by atoms with Crippen molar-refractivity contribution in [2.75, 3.05) is 0 Å². The molecule has 10 aromatic carbocycles. The van der Waals surface area contributed by atoms with E-state index >= 15 is 0 Å². The first kappa shape index (κ1) is 31.7. The zero-order chi connectivity index (χ0) is 35.8. The predicted molar refractivity (Wildman–Crippen MR) is 232 cm³/mol. The van der Waals surface area contributed by atoms with Crippen LogP contribution in [0.15, 0.2) is 218 Å². The minimum atomic E-state index is 1.20. The molecule has 0 heteroatoms. The quantitative estimate of drug-likeness (QED) is 0.153. The third-order valence-corrected chi connectivity index (χ3v) is 10.8. The molecule has 252 valence electrons. The van der Waals surface area contributed by atoms with Gasteiger partial charge in [0.15, 0.2) is 0 Å². The van der Waals surface area contributed by atoms with Gasteiger partial charge in [-0.1, -0.05) is 188 Å². The van der Waals surface area contributed by atoms with E-state index in [0.29, 0.717) is 0 Å². The Morgan fingerprint density at radius 2 is 0.593 bits per heavy atom. The molecule has 0 aromatic heterocycles. The Balaban J connectivity index is 1.23. The summed E-state index contributed by atoms with van der Waals surface area (Å²) in [5, 5.41) is 7.51. The topological polar surface area (TPSA) is 0 Å². The van der Waals surface area contributed by atoms with E-state index in [2.05, 4.69) is 218 Å². The number of rotatable bonds is 6. The molecule has 0 radical (unpaired) electrons.